The van der Waals surface area contributed by atoms with Crippen molar-refractivity contribution in [3.63, 3.8) is 0 Å². The van der Waals surface area contributed by atoms with Crippen molar-refractivity contribution in [2.24, 2.45) is 0 Å². The maximum absolute atomic E-state index is 12.1. The first kappa shape index (κ1) is 19.5. The van der Waals surface area contributed by atoms with Crippen LogP contribution in [0.15, 0.2) is 42.5 Å². The van der Waals surface area contributed by atoms with Gasteiger partial charge in [-0.15, -0.1) is 0 Å². The lowest BCUT2D eigenvalue weighted by atomic mass is 10.3. The topological polar surface area (TPSA) is 60.5 Å². The van der Waals surface area contributed by atoms with E-state index >= 15 is 0 Å². The number of carbonyl (C=O) groups excluding carboxylic acids is 1. The largest absolute Gasteiger partial charge is 0.494 e. The zero-order chi connectivity index (χ0) is 19.1. The molecule has 1 N–H and O–H groups in total. The van der Waals surface area contributed by atoms with E-state index in [2.05, 4.69) is 17.2 Å². The van der Waals surface area contributed by atoms with Gasteiger partial charge in [0.2, 0.25) is 0 Å². The molecule has 3 aromatic rings. The van der Waals surface area contributed by atoms with Gasteiger partial charge in [0.1, 0.15) is 11.5 Å². The molecule has 7 heteroatoms. The molecule has 0 aliphatic heterocycles. The third-order valence-corrected chi connectivity index (χ3v) is 4.98. The summed E-state index contributed by atoms with van der Waals surface area (Å²) in [6.07, 6.45) is 3.38. The van der Waals surface area contributed by atoms with Crippen molar-refractivity contribution in [2.75, 3.05) is 18.5 Å². The summed E-state index contributed by atoms with van der Waals surface area (Å²) in [4.78, 5) is 16.4. The molecule has 0 bridgehead atoms. The number of rotatable bonds is 9. The lowest BCUT2D eigenvalue weighted by Gasteiger charge is -2.08. The summed E-state index contributed by atoms with van der Waals surface area (Å²) in [5.41, 5.74) is 0.801. The molecule has 1 aromatic heterocycles. The Morgan fingerprint density at radius 1 is 1.11 bits per heavy atom. The van der Waals surface area contributed by atoms with Crippen LogP contribution >= 0.6 is 22.9 Å². The van der Waals surface area contributed by atoms with Gasteiger partial charge in [-0.05, 0) is 48.9 Å². The zero-order valence-electron chi connectivity index (χ0n) is 15.0. The zero-order valence-corrected chi connectivity index (χ0v) is 16.6. The predicted molar refractivity (Wildman–Crippen MR) is 110 cm³/mol. The number of fused-ring (bicyclic) bond motifs is 1. The van der Waals surface area contributed by atoms with Gasteiger partial charge in [-0.3, -0.25) is 10.1 Å². The first-order valence-electron chi connectivity index (χ1n) is 8.85. The van der Waals surface area contributed by atoms with Crippen LogP contribution in [0.2, 0.25) is 5.02 Å². The normalized spacial score (nSPS) is 10.7. The van der Waals surface area contributed by atoms with Crippen molar-refractivity contribution in [2.45, 2.75) is 26.2 Å². The summed E-state index contributed by atoms with van der Waals surface area (Å²) in [6, 6.07) is 12.7. The molecule has 142 valence electrons. The van der Waals surface area contributed by atoms with Crippen molar-refractivity contribution in [1.82, 2.24) is 4.98 Å². The molecule has 1 heterocycles. The van der Waals surface area contributed by atoms with Gasteiger partial charge in [-0.2, -0.15) is 0 Å². The van der Waals surface area contributed by atoms with Crippen molar-refractivity contribution >= 4 is 44.2 Å². The molecule has 0 radical (unpaired) electrons. The SMILES string of the molecule is CCCCCOc1ccc(OCC(=O)Nc2nc3ccc(Cl)cc3s2)cc1. The molecule has 2 aromatic carbocycles. The molecule has 0 atom stereocenters. The summed E-state index contributed by atoms with van der Waals surface area (Å²) in [7, 11) is 0. The quantitative estimate of drug-likeness (QED) is 0.476. The van der Waals surface area contributed by atoms with Crippen molar-refractivity contribution in [3.05, 3.63) is 47.5 Å². The lowest BCUT2D eigenvalue weighted by molar-refractivity contribution is -0.118. The Morgan fingerprint density at radius 2 is 1.85 bits per heavy atom. The Kier molecular flexibility index (Phi) is 6.90. The fraction of sp³-hybridized carbons (Fsp3) is 0.300. The third-order valence-electron chi connectivity index (χ3n) is 3.81. The Balaban J connectivity index is 1.46. The van der Waals surface area contributed by atoms with Crippen LogP contribution in [0.4, 0.5) is 5.13 Å². The predicted octanol–water partition coefficient (Wildman–Crippen LogP) is 5.54. The van der Waals surface area contributed by atoms with Crippen LogP contribution in [0.5, 0.6) is 11.5 Å². The number of amides is 1. The van der Waals surface area contributed by atoms with Crippen LogP contribution in [-0.2, 0) is 4.79 Å². The summed E-state index contributed by atoms with van der Waals surface area (Å²) in [5.74, 6) is 1.15. The Labute approximate surface area is 167 Å². The molecule has 1 amide bonds. The number of nitrogens with one attached hydrogen (secondary N) is 1. The van der Waals surface area contributed by atoms with Gasteiger partial charge in [0.25, 0.3) is 5.91 Å². The average molecular weight is 405 g/mol. The Hall–Kier alpha value is -2.31. The number of ether oxygens (including phenoxy) is 2. The lowest BCUT2D eigenvalue weighted by Crippen LogP contribution is -2.19. The summed E-state index contributed by atoms with van der Waals surface area (Å²) in [5, 5.41) is 3.92. The second-order valence-corrected chi connectivity index (χ2v) is 7.46. The maximum atomic E-state index is 12.1. The third kappa shape index (κ3) is 5.84. The van der Waals surface area contributed by atoms with Gasteiger partial charge >= 0.3 is 0 Å². The van der Waals surface area contributed by atoms with Crippen LogP contribution in [0.3, 0.4) is 0 Å². The van der Waals surface area contributed by atoms with E-state index in [-0.39, 0.29) is 12.5 Å². The number of aromatic nitrogens is 1. The number of halogens is 1. The standard InChI is InChI=1S/C20H21ClN2O3S/c1-2-3-4-11-25-15-6-8-16(9-7-15)26-13-19(24)23-20-22-17-10-5-14(21)12-18(17)27-20/h5-10,12H,2-4,11,13H2,1H3,(H,22,23,24). The number of thiazole rings is 1. The van der Waals surface area contributed by atoms with E-state index in [1.54, 1.807) is 18.2 Å². The highest BCUT2D eigenvalue weighted by atomic mass is 35.5. The van der Waals surface area contributed by atoms with Gasteiger partial charge in [-0.25, -0.2) is 4.98 Å². The molecule has 27 heavy (non-hydrogen) atoms. The molecule has 0 unspecified atom stereocenters. The van der Waals surface area contributed by atoms with Crippen LogP contribution in [-0.4, -0.2) is 24.1 Å². The highest BCUT2D eigenvalue weighted by molar-refractivity contribution is 7.22. The molecule has 3 rings (SSSR count). The van der Waals surface area contributed by atoms with E-state index in [9.17, 15) is 4.79 Å². The molecule has 0 aliphatic carbocycles. The number of benzene rings is 2. The molecule has 0 aliphatic rings. The first-order valence-corrected chi connectivity index (χ1v) is 10.0. The molecular formula is C20H21ClN2O3S. The van der Waals surface area contributed by atoms with Crippen LogP contribution in [0, 0.1) is 0 Å². The maximum Gasteiger partial charge on any atom is 0.264 e. The highest BCUT2D eigenvalue weighted by Crippen LogP contribution is 2.28. The molecule has 0 fully saturated rings. The van der Waals surface area contributed by atoms with E-state index < -0.39 is 0 Å². The van der Waals surface area contributed by atoms with Crippen molar-refractivity contribution in [3.8, 4) is 11.5 Å². The number of anilines is 1. The minimum absolute atomic E-state index is 0.0899. The Morgan fingerprint density at radius 3 is 2.59 bits per heavy atom. The van der Waals surface area contributed by atoms with Crippen molar-refractivity contribution in [1.29, 1.82) is 0 Å². The molecule has 0 saturated carbocycles. The minimum Gasteiger partial charge on any atom is -0.494 e. The summed E-state index contributed by atoms with van der Waals surface area (Å²) in [6.45, 7) is 2.78. The number of hydrogen-bond acceptors (Lipinski definition) is 5. The number of hydrogen-bond donors (Lipinski definition) is 1. The average Bonchev–Trinajstić information content (AvgIpc) is 3.05. The fourth-order valence-electron chi connectivity index (χ4n) is 2.43. The number of nitrogens with zero attached hydrogens (tertiary/aromatic N) is 1. The van der Waals surface area contributed by atoms with E-state index in [1.165, 1.54) is 17.8 Å². The fourth-order valence-corrected chi connectivity index (χ4v) is 3.59. The molecule has 0 saturated heterocycles. The van der Waals surface area contributed by atoms with E-state index in [0.29, 0.717) is 22.5 Å². The van der Waals surface area contributed by atoms with Crippen LogP contribution < -0.4 is 14.8 Å². The van der Waals surface area contributed by atoms with Crippen LogP contribution in [0.1, 0.15) is 26.2 Å². The van der Waals surface area contributed by atoms with Gasteiger partial charge in [0.15, 0.2) is 11.7 Å². The van der Waals surface area contributed by atoms with E-state index in [0.717, 1.165) is 28.8 Å². The smallest absolute Gasteiger partial charge is 0.264 e. The Bertz CT molecular complexity index is 896. The number of unbranched alkanes of at least 4 members (excludes halogenated alkanes) is 2. The number of carbonyl (C=O) groups is 1. The minimum atomic E-state index is -0.264. The van der Waals surface area contributed by atoms with Gasteiger partial charge in [-0.1, -0.05) is 42.7 Å². The highest BCUT2D eigenvalue weighted by Gasteiger charge is 2.09. The van der Waals surface area contributed by atoms with Crippen molar-refractivity contribution < 1.29 is 14.3 Å². The second kappa shape index (κ2) is 9.58. The molecular weight excluding hydrogens is 384 g/mol. The summed E-state index contributed by atoms with van der Waals surface area (Å²) < 4.78 is 12.1. The van der Waals surface area contributed by atoms with Gasteiger partial charge < -0.3 is 9.47 Å². The van der Waals surface area contributed by atoms with E-state index in [1.807, 2.05) is 24.3 Å². The van der Waals surface area contributed by atoms with E-state index in [4.69, 9.17) is 21.1 Å². The summed E-state index contributed by atoms with van der Waals surface area (Å²) >= 11 is 7.34. The van der Waals surface area contributed by atoms with Gasteiger partial charge in [0, 0.05) is 5.02 Å². The van der Waals surface area contributed by atoms with Crippen LogP contribution in [0.25, 0.3) is 10.2 Å². The second-order valence-electron chi connectivity index (χ2n) is 5.99. The molecule has 5 nitrogen and oxygen atoms in total. The molecule has 0 spiro atoms. The van der Waals surface area contributed by atoms with Gasteiger partial charge in [0.05, 0.1) is 16.8 Å². The first-order chi connectivity index (χ1) is 13.1. The monoisotopic (exact) mass is 404 g/mol.